The maximum atomic E-state index is 12.6. The Morgan fingerprint density at radius 2 is 2.03 bits per heavy atom. The van der Waals surface area contributed by atoms with E-state index in [9.17, 15) is 22.8 Å². The number of alkyl halides is 3. The first-order chi connectivity index (χ1) is 17.2. The first kappa shape index (κ1) is 19.3. The van der Waals surface area contributed by atoms with E-state index in [4.69, 9.17) is 4.11 Å². The van der Waals surface area contributed by atoms with Gasteiger partial charge in [0.2, 0.25) is 5.91 Å². The molecule has 0 radical (unpaired) electrons. The van der Waals surface area contributed by atoms with Crippen LogP contribution in [0.1, 0.15) is 32.7 Å². The normalized spacial score (nSPS) is 14.3. The average molecular weight is 478 g/mol. The summed E-state index contributed by atoms with van der Waals surface area (Å²) in [5.41, 5.74) is 1.16. The van der Waals surface area contributed by atoms with Crippen molar-refractivity contribution in [1.82, 2.24) is 30.3 Å². The van der Waals surface area contributed by atoms with Crippen molar-refractivity contribution in [2.45, 2.75) is 26.1 Å². The van der Waals surface area contributed by atoms with Gasteiger partial charge in [-0.25, -0.2) is 9.67 Å². The van der Waals surface area contributed by atoms with Gasteiger partial charge in [0, 0.05) is 24.2 Å². The Kier molecular flexibility index (Phi) is 4.88. The van der Waals surface area contributed by atoms with Crippen LogP contribution in [0.2, 0.25) is 0 Å². The summed E-state index contributed by atoms with van der Waals surface area (Å²) in [7, 11) is 1.80. The maximum absolute atomic E-state index is 12.6. The van der Waals surface area contributed by atoms with E-state index in [1.54, 1.807) is 42.2 Å². The molecule has 0 atom stereocenters. The number of halogens is 3. The molecule has 0 aliphatic carbocycles. The van der Waals surface area contributed by atoms with Crippen LogP contribution in [-0.2, 0) is 11.3 Å². The molecule has 0 fully saturated rings. The summed E-state index contributed by atoms with van der Waals surface area (Å²) in [6.45, 7) is -0.699. The van der Waals surface area contributed by atoms with Crippen molar-refractivity contribution in [2.75, 3.05) is 29.6 Å². The summed E-state index contributed by atoms with van der Waals surface area (Å²) in [6.07, 6.45) is -6.50. The lowest BCUT2D eigenvalue weighted by molar-refractivity contribution is -0.150. The van der Waals surface area contributed by atoms with Gasteiger partial charge in [0.15, 0.2) is 17.3 Å². The van der Waals surface area contributed by atoms with Gasteiger partial charge in [0.1, 0.15) is 12.2 Å². The summed E-state index contributed by atoms with van der Waals surface area (Å²) < 4.78 is 61.3. The van der Waals surface area contributed by atoms with Crippen LogP contribution in [0.4, 0.5) is 36.1 Å². The SMILES string of the molecule is [2H]C([2H])([2H])NC(=O)c1nnc(NC(=O)CC(F)(F)F)cc1Nc1cccc2c1N(C)Cc1nc(C)nn1-2. The Balaban J connectivity index is 1.74. The first-order valence-electron chi connectivity index (χ1n) is 11.3. The smallest absolute Gasteiger partial charge is 0.364 e. The highest BCUT2D eigenvalue weighted by Crippen LogP contribution is 2.38. The Labute approximate surface area is 195 Å². The number of nitrogens with one attached hydrogen (secondary N) is 3. The lowest BCUT2D eigenvalue weighted by Crippen LogP contribution is -2.27. The fourth-order valence-electron chi connectivity index (χ4n) is 3.54. The van der Waals surface area contributed by atoms with E-state index >= 15 is 0 Å². The summed E-state index contributed by atoms with van der Waals surface area (Å²) >= 11 is 0. The minimum Gasteiger partial charge on any atom is -0.364 e. The molecule has 11 nitrogen and oxygen atoms in total. The summed E-state index contributed by atoms with van der Waals surface area (Å²) in [6, 6.07) is 6.24. The average Bonchev–Trinajstić information content (AvgIpc) is 3.11. The topological polar surface area (TPSA) is 130 Å². The molecule has 1 aliphatic heterocycles. The highest BCUT2D eigenvalue weighted by atomic mass is 19.4. The quantitative estimate of drug-likeness (QED) is 0.510. The monoisotopic (exact) mass is 478 g/mol. The number of nitrogens with zero attached hydrogens (tertiary/aromatic N) is 6. The van der Waals surface area contributed by atoms with Crippen LogP contribution in [0.15, 0.2) is 24.3 Å². The van der Waals surface area contributed by atoms with E-state index in [2.05, 4.69) is 25.6 Å². The van der Waals surface area contributed by atoms with E-state index in [1.807, 2.05) is 10.2 Å². The number of aryl methyl sites for hydroxylation is 1. The molecule has 0 bridgehead atoms. The van der Waals surface area contributed by atoms with E-state index in [-0.39, 0.29) is 11.5 Å². The van der Waals surface area contributed by atoms with Crippen LogP contribution in [0, 0.1) is 6.92 Å². The van der Waals surface area contributed by atoms with Crippen molar-refractivity contribution in [3.63, 3.8) is 0 Å². The van der Waals surface area contributed by atoms with Gasteiger partial charge in [0.25, 0.3) is 5.91 Å². The Hall–Kier alpha value is -4.23. The van der Waals surface area contributed by atoms with Gasteiger partial charge >= 0.3 is 6.18 Å². The molecule has 0 unspecified atom stereocenters. The van der Waals surface area contributed by atoms with Crippen LogP contribution in [0.5, 0.6) is 0 Å². The molecular formula is C20H20F3N9O2. The number of carbonyl (C=O) groups excluding carboxylic acids is 2. The first-order valence-corrected chi connectivity index (χ1v) is 9.81. The van der Waals surface area contributed by atoms with Gasteiger partial charge in [-0.15, -0.1) is 10.2 Å². The van der Waals surface area contributed by atoms with E-state index in [0.29, 0.717) is 35.3 Å². The third-order valence-corrected chi connectivity index (χ3v) is 4.80. The molecule has 0 saturated heterocycles. The molecule has 178 valence electrons. The number of benzene rings is 1. The van der Waals surface area contributed by atoms with Gasteiger partial charge in [-0.05, 0) is 19.1 Å². The molecule has 1 aliphatic rings. The number of fused-ring (bicyclic) bond motifs is 3. The van der Waals surface area contributed by atoms with Crippen molar-refractivity contribution in [1.29, 1.82) is 0 Å². The van der Waals surface area contributed by atoms with Crippen molar-refractivity contribution in [3.05, 3.63) is 41.6 Å². The molecule has 3 aromatic rings. The van der Waals surface area contributed by atoms with E-state index < -0.39 is 37.1 Å². The summed E-state index contributed by atoms with van der Waals surface area (Å²) in [4.78, 5) is 30.7. The molecule has 1 aromatic carbocycles. The zero-order valence-electron chi connectivity index (χ0n) is 20.9. The Morgan fingerprint density at radius 1 is 1.24 bits per heavy atom. The van der Waals surface area contributed by atoms with Crippen molar-refractivity contribution < 1.29 is 26.9 Å². The second-order valence-corrected chi connectivity index (χ2v) is 7.43. The van der Waals surface area contributed by atoms with Gasteiger partial charge in [-0.2, -0.15) is 18.3 Å². The zero-order chi connectivity index (χ0) is 27.1. The number of amides is 2. The number of para-hydroxylation sites is 1. The van der Waals surface area contributed by atoms with Gasteiger partial charge < -0.3 is 20.9 Å². The molecule has 2 aromatic heterocycles. The van der Waals surface area contributed by atoms with Crippen molar-refractivity contribution >= 4 is 34.7 Å². The molecule has 4 rings (SSSR count). The third kappa shape index (κ3) is 4.60. The molecule has 3 heterocycles. The molecular weight excluding hydrogens is 455 g/mol. The van der Waals surface area contributed by atoms with Crippen LogP contribution < -0.4 is 20.9 Å². The van der Waals surface area contributed by atoms with Crippen LogP contribution in [0.3, 0.4) is 0 Å². The number of anilines is 4. The van der Waals surface area contributed by atoms with E-state index in [1.165, 1.54) is 0 Å². The number of hydrogen-bond donors (Lipinski definition) is 3. The van der Waals surface area contributed by atoms with Crippen molar-refractivity contribution in [2.24, 2.45) is 0 Å². The predicted octanol–water partition coefficient (Wildman–Crippen LogP) is 2.31. The fourth-order valence-corrected chi connectivity index (χ4v) is 3.54. The second kappa shape index (κ2) is 8.61. The molecule has 3 N–H and O–H groups in total. The zero-order valence-corrected chi connectivity index (χ0v) is 17.9. The minimum atomic E-state index is -4.75. The van der Waals surface area contributed by atoms with Gasteiger partial charge in [-0.1, -0.05) is 6.07 Å². The number of carbonyl (C=O) groups is 2. The van der Waals surface area contributed by atoms with Crippen LogP contribution >= 0.6 is 0 Å². The van der Waals surface area contributed by atoms with E-state index in [0.717, 1.165) is 6.07 Å². The van der Waals surface area contributed by atoms with Crippen LogP contribution in [0.25, 0.3) is 5.69 Å². The molecule has 0 saturated carbocycles. The summed E-state index contributed by atoms with van der Waals surface area (Å²) in [5.74, 6) is -1.62. The highest BCUT2D eigenvalue weighted by molar-refractivity contribution is 6.00. The second-order valence-electron chi connectivity index (χ2n) is 7.43. The van der Waals surface area contributed by atoms with Gasteiger partial charge in [-0.3, -0.25) is 9.59 Å². The largest absolute Gasteiger partial charge is 0.397 e. The number of hydrogen-bond acceptors (Lipinski definition) is 8. The lowest BCUT2D eigenvalue weighted by Gasteiger charge is -2.29. The van der Waals surface area contributed by atoms with Crippen LogP contribution in [-0.4, -0.2) is 57.0 Å². The standard InChI is InChI=1S/C20H20F3N9O2/c1-10-25-15-9-31(3)18-11(5-4-6-13(18)32(15)30-10)26-12-7-14(27-16(33)8-20(21,22)23)28-29-17(12)19(34)24-2/h4-7H,8-9H2,1-3H3,(H,24,34)(H2,26,27,28,33)/i2D3. The molecule has 14 heteroatoms. The minimum absolute atomic E-state index is 0.110. The maximum Gasteiger partial charge on any atom is 0.397 e. The molecule has 34 heavy (non-hydrogen) atoms. The molecule has 2 amide bonds. The number of rotatable bonds is 5. The highest BCUT2D eigenvalue weighted by Gasteiger charge is 2.31. The predicted molar refractivity (Wildman–Crippen MR) is 116 cm³/mol. The molecule has 0 spiro atoms. The summed E-state index contributed by atoms with van der Waals surface area (Å²) in [5, 5.41) is 18.4. The lowest BCUT2D eigenvalue weighted by atomic mass is 10.1. The van der Waals surface area contributed by atoms with Gasteiger partial charge in [0.05, 0.1) is 29.3 Å². The number of aromatic nitrogens is 5. The Morgan fingerprint density at radius 3 is 2.76 bits per heavy atom. The Bertz CT molecular complexity index is 1380. The van der Waals surface area contributed by atoms with Crippen molar-refractivity contribution in [3.8, 4) is 5.69 Å². The third-order valence-electron chi connectivity index (χ3n) is 4.80. The fraction of sp³-hybridized carbons (Fsp3) is 0.300.